The second-order valence-corrected chi connectivity index (χ2v) is 6.45. The Kier molecular flexibility index (Phi) is 5.05. The Bertz CT molecular complexity index is 495. The average molecular weight is 307 g/mol. The third-order valence-electron chi connectivity index (χ3n) is 4.13. The molecule has 7 heteroatoms. The number of hydrogen-bond acceptors (Lipinski definition) is 6. The van der Waals surface area contributed by atoms with Crippen LogP contribution in [0.15, 0.2) is 12.4 Å². The lowest BCUT2D eigenvalue weighted by atomic mass is 9.88. The van der Waals surface area contributed by atoms with E-state index in [9.17, 15) is 4.79 Å². The summed E-state index contributed by atoms with van der Waals surface area (Å²) < 4.78 is 5.13. The summed E-state index contributed by atoms with van der Waals surface area (Å²) in [4.78, 5) is 21.5. The van der Waals surface area contributed by atoms with Crippen LogP contribution < -0.4 is 16.4 Å². The van der Waals surface area contributed by atoms with Gasteiger partial charge in [0, 0.05) is 13.1 Å². The second kappa shape index (κ2) is 6.81. The number of carbonyl (C=O) groups is 1. The molecule has 22 heavy (non-hydrogen) atoms. The van der Waals surface area contributed by atoms with Gasteiger partial charge >= 0.3 is 6.09 Å². The first-order valence-electron chi connectivity index (χ1n) is 7.67. The van der Waals surface area contributed by atoms with E-state index in [-0.39, 0.29) is 0 Å². The van der Waals surface area contributed by atoms with Gasteiger partial charge < -0.3 is 21.1 Å². The predicted octanol–water partition coefficient (Wildman–Crippen LogP) is 1.93. The van der Waals surface area contributed by atoms with Crippen molar-refractivity contribution in [3.05, 3.63) is 12.4 Å². The molecule has 0 radical (unpaired) electrons. The highest BCUT2D eigenvalue weighted by Crippen LogP contribution is 2.28. The molecule has 1 saturated heterocycles. The molecule has 7 nitrogen and oxygen atoms in total. The third-order valence-corrected chi connectivity index (χ3v) is 4.13. The normalized spacial score (nSPS) is 16.5. The third kappa shape index (κ3) is 4.75. The van der Waals surface area contributed by atoms with Gasteiger partial charge in [-0.15, -0.1) is 0 Å². The fourth-order valence-corrected chi connectivity index (χ4v) is 2.82. The van der Waals surface area contributed by atoms with E-state index >= 15 is 0 Å². The van der Waals surface area contributed by atoms with E-state index in [4.69, 9.17) is 16.2 Å². The number of carbonyl (C=O) groups excluding carboxylic acids is 1. The number of nitrogens with zero attached hydrogens (tertiary/aromatic N) is 3. The quantitative estimate of drug-likeness (QED) is 0.860. The Hall–Kier alpha value is -2.05. The minimum Gasteiger partial charge on any atom is -0.444 e. The smallest absolute Gasteiger partial charge is 0.405 e. The zero-order valence-electron chi connectivity index (χ0n) is 13.3. The van der Waals surface area contributed by atoms with Crippen LogP contribution in [0.3, 0.4) is 0 Å². The Morgan fingerprint density at radius 3 is 2.59 bits per heavy atom. The molecule has 1 aromatic heterocycles. The molecule has 0 bridgehead atoms. The molecular formula is C15H25N5O2. The van der Waals surface area contributed by atoms with Crippen molar-refractivity contribution in [2.75, 3.05) is 23.7 Å². The van der Waals surface area contributed by atoms with Crippen molar-refractivity contribution in [2.24, 2.45) is 11.7 Å². The summed E-state index contributed by atoms with van der Waals surface area (Å²) in [6.07, 6.45) is 6.65. The highest BCUT2D eigenvalue weighted by Gasteiger charge is 2.26. The Balaban J connectivity index is 1.77. The highest BCUT2D eigenvalue weighted by atomic mass is 16.6. The molecule has 1 aromatic rings. The van der Waals surface area contributed by atoms with Gasteiger partial charge in [-0.05, 0) is 45.4 Å². The molecule has 2 heterocycles. The van der Waals surface area contributed by atoms with Crippen molar-refractivity contribution in [2.45, 2.75) is 45.1 Å². The minimum atomic E-state index is -0.707. The van der Waals surface area contributed by atoms with Crippen molar-refractivity contribution in [1.82, 2.24) is 9.97 Å². The van der Waals surface area contributed by atoms with Gasteiger partial charge in [-0.1, -0.05) is 0 Å². The van der Waals surface area contributed by atoms with Crippen molar-refractivity contribution >= 4 is 17.7 Å². The van der Waals surface area contributed by atoms with Crippen LogP contribution in [-0.2, 0) is 4.74 Å². The number of ether oxygens (including phenoxy) is 1. The molecule has 122 valence electrons. The van der Waals surface area contributed by atoms with E-state index in [0.29, 0.717) is 11.7 Å². The molecule has 1 aliphatic heterocycles. The van der Waals surface area contributed by atoms with Crippen molar-refractivity contribution in [1.29, 1.82) is 0 Å². The van der Waals surface area contributed by atoms with Gasteiger partial charge in [-0.2, -0.15) is 0 Å². The first-order valence-corrected chi connectivity index (χ1v) is 7.67. The molecule has 4 N–H and O–H groups in total. The molecule has 0 unspecified atom stereocenters. The molecule has 0 atom stereocenters. The van der Waals surface area contributed by atoms with E-state index in [1.807, 2.05) is 13.8 Å². The van der Waals surface area contributed by atoms with Crippen LogP contribution in [-0.4, -0.2) is 34.8 Å². The van der Waals surface area contributed by atoms with Gasteiger partial charge in [-0.25, -0.2) is 14.8 Å². The molecule has 0 spiro atoms. The predicted molar refractivity (Wildman–Crippen MR) is 85.4 cm³/mol. The monoisotopic (exact) mass is 307 g/mol. The van der Waals surface area contributed by atoms with Gasteiger partial charge in [0.2, 0.25) is 0 Å². The summed E-state index contributed by atoms with van der Waals surface area (Å²) in [6, 6.07) is 0. The number of hydrogen-bond donors (Lipinski definition) is 2. The molecule has 1 aliphatic rings. The number of aromatic nitrogens is 2. The summed E-state index contributed by atoms with van der Waals surface area (Å²) in [5.74, 6) is 1.95. The van der Waals surface area contributed by atoms with Crippen LogP contribution >= 0.6 is 0 Å². The van der Waals surface area contributed by atoms with E-state index in [1.165, 1.54) is 0 Å². The fraction of sp³-hybridized carbons (Fsp3) is 0.667. The highest BCUT2D eigenvalue weighted by molar-refractivity contribution is 5.65. The number of primary amides is 1. The second-order valence-electron chi connectivity index (χ2n) is 6.45. The number of piperidine rings is 1. The standard InChI is InChI=1S/C15H25N5O2/c1-15(2,22-14(17)21)6-3-11-4-7-20(8-5-11)13-10-18-12(16)9-19-13/h9-11H,3-8H2,1-2H3,(H2,16,18)(H2,17,21). The number of nitrogens with two attached hydrogens (primary N) is 2. The Morgan fingerprint density at radius 2 is 2.05 bits per heavy atom. The number of nitrogen functional groups attached to an aromatic ring is 1. The maximum atomic E-state index is 10.9. The van der Waals surface area contributed by atoms with E-state index in [1.54, 1.807) is 12.4 Å². The largest absolute Gasteiger partial charge is 0.444 e. The Morgan fingerprint density at radius 1 is 1.36 bits per heavy atom. The zero-order chi connectivity index (χ0) is 16.2. The first kappa shape index (κ1) is 16.3. The van der Waals surface area contributed by atoms with Crippen LogP contribution in [0, 0.1) is 5.92 Å². The molecule has 1 fully saturated rings. The van der Waals surface area contributed by atoms with Gasteiger partial charge in [0.15, 0.2) is 0 Å². The van der Waals surface area contributed by atoms with Gasteiger partial charge in [0.1, 0.15) is 17.2 Å². The lowest BCUT2D eigenvalue weighted by Crippen LogP contribution is -2.36. The zero-order valence-corrected chi connectivity index (χ0v) is 13.3. The number of rotatable bonds is 5. The maximum Gasteiger partial charge on any atom is 0.405 e. The summed E-state index contributed by atoms with van der Waals surface area (Å²) >= 11 is 0. The lowest BCUT2D eigenvalue weighted by molar-refractivity contribution is 0.0334. The summed E-state index contributed by atoms with van der Waals surface area (Å²) in [6.45, 7) is 5.72. The molecule has 0 aromatic carbocycles. The number of amides is 1. The van der Waals surface area contributed by atoms with Gasteiger partial charge in [0.25, 0.3) is 0 Å². The SMILES string of the molecule is CC(C)(CCC1CCN(c2cnc(N)cn2)CC1)OC(N)=O. The van der Waals surface area contributed by atoms with E-state index < -0.39 is 11.7 Å². The molecule has 0 aliphatic carbocycles. The topological polar surface area (TPSA) is 107 Å². The van der Waals surface area contributed by atoms with Crippen LogP contribution in [0.4, 0.5) is 16.4 Å². The maximum absolute atomic E-state index is 10.9. The van der Waals surface area contributed by atoms with Crippen LogP contribution in [0.2, 0.25) is 0 Å². The van der Waals surface area contributed by atoms with Gasteiger partial charge in [-0.3, -0.25) is 0 Å². The minimum absolute atomic E-state index is 0.440. The Labute approximate surface area is 131 Å². The molecule has 0 saturated carbocycles. The van der Waals surface area contributed by atoms with E-state index in [0.717, 1.165) is 44.6 Å². The van der Waals surface area contributed by atoms with Crippen molar-refractivity contribution in [3.63, 3.8) is 0 Å². The van der Waals surface area contributed by atoms with E-state index in [2.05, 4.69) is 14.9 Å². The molecule has 2 rings (SSSR count). The van der Waals surface area contributed by atoms with Crippen LogP contribution in [0.25, 0.3) is 0 Å². The van der Waals surface area contributed by atoms with Crippen molar-refractivity contribution in [3.8, 4) is 0 Å². The van der Waals surface area contributed by atoms with Crippen LogP contribution in [0.1, 0.15) is 39.5 Å². The van der Waals surface area contributed by atoms with Crippen molar-refractivity contribution < 1.29 is 9.53 Å². The summed E-state index contributed by atoms with van der Waals surface area (Å²) in [5, 5.41) is 0. The van der Waals surface area contributed by atoms with Crippen LogP contribution in [0.5, 0.6) is 0 Å². The average Bonchev–Trinajstić information content (AvgIpc) is 2.45. The molecular weight excluding hydrogens is 282 g/mol. The van der Waals surface area contributed by atoms with Gasteiger partial charge in [0.05, 0.1) is 12.4 Å². The molecule has 1 amide bonds. The summed E-state index contributed by atoms with van der Waals surface area (Å²) in [5.41, 5.74) is 10.2. The summed E-state index contributed by atoms with van der Waals surface area (Å²) in [7, 11) is 0. The lowest BCUT2D eigenvalue weighted by Gasteiger charge is -2.34. The first-order chi connectivity index (χ1) is 10.4. The number of anilines is 2. The fourth-order valence-electron chi connectivity index (χ4n) is 2.82.